The van der Waals surface area contributed by atoms with Crippen LogP contribution < -0.4 is 0 Å². The van der Waals surface area contributed by atoms with Gasteiger partial charge in [-0.15, -0.1) is 11.3 Å². The number of hydrogen-bond donors (Lipinski definition) is 0. The quantitative estimate of drug-likeness (QED) is 0.264. The highest BCUT2D eigenvalue weighted by atomic mass is 32.1. The monoisotopic (exact) mass is 447 g/mol. The number of aromatic nitrogens is 1. The Hall–Kier alpha value is -3.43. The number of fused-ring (bicyclic) bond motifs is 3. The first-order valence-corrected chi connectivity index (χ1v) is 12.1. The van der Waals surface area contributed by atoms with Crippen molar-refractivity contribution in [3.8, 4) is 21.7 Å². The molecule has 0 aliphatic rings. The minimum absolute atomic E-state index is 0.0416. The van der Waals surface area contributed by atoms with Gasteiger partial charge in [0.2, 0.25) is 0 Å². The van der Waals surface area contributed by atoms with E-state index in [1.165, 1.54) is 42.4 Å². The number of rotatable bonds is 2. The number of benzene rings is 3. The molecule has 3 heteroatoms. The zero-order chi connectivity index (χ0) is 22.7. The van der Waals surface area contributed by atoms with Gasteiger partial charge in [-0.2, -0.15) is 0 Å². The van der Waals surface area contributed by atoms with Crippen LogP contribution in [0.2, 0.25) is 0 Å². The van der Waals surface area contributed by atoms with E-state index >= 15 is 0 Å². The molecule has 0 spiro atoms. The molecule has 0 aliphatic carbocycles. The number of hydrogen-bond acceptors (Lipinski definition) is 3. The molecule has 3 heterocycles. The summed E-state index contributed by atoms with van der Waals surface area (Å²) in [5, 5.41) is 4.91. The molecule has 0 atom stereocenters. The Morgan fingerprint density at radius 1 is 0.788 bits per heavy atom. The van der Waals surface area contributed by atoms with Crippen LogP contribution in [0, 0.1) is 6.92 Å². The van der Waals surface area contributed by atoms with Gasteiger partial charge in [-0.1, -0.05) is 57.2 Å². The van der Waals surface area contributed by atoms with E-state index in [1.54, 1.807) is 11.3 Å². The Morgan fingerprint density at radius 3 is 2.48 bits per heavy atom. The molecule has 0 saturated heterocycles. The summed E-state index contributed by atoms with van der Waals surface area (Å²) < 4.78 is 7.12. The molecule has 6 aromatic rings. The Bertz CT molecular complexity index is 1660. The van der Waals surface area contributed by atoms with Gasteiger partial charge < -0.3 is 4.42 Å². The van der Waals surface area contributed by atoms with Crippen LogP contribution in [-0.4, -0.2) is 4.98 Å². The van der Waals surface area contributed by atoms with Gasteiger partial charge in [0, 0.05) is 32.1 Å². The van der Waals surface area contributed by atoms with Crippen molar-refractivity contribution in [2.24, 2.45) is 0 Å². The molecule has 0 aliphatic heterocycles. The molecule has 2 nitrogen and oxygen atoms in total. The smallest absolute Gasteiger partial charge is 0.134 e. The summed E-state index contributed by atoms with van der Waals surface area (Å²) >= 11 is 1.81. The molecular weight excluding hydrogens is 422 g/mol. The fourth-order valence-electron chi connectivity index (χ4n) is 4.72. The average molecular weight is 448 g/mol. The van der Waals surface area contributed by atoms with Crippen LogP contribution >= 0.6 is 11.3 Å². The van der Waals surface area contributed by atoms with E-state index in [4.69, 9.17) is 9.40 Å². The lowest BCUT2D eigenvalue weighted by atomic mass is 9.82. The molecule has 0 saturated carbocycles. The zero-order valence-electron chi connectivity index (χ0n) is 19.3. The van der Waals surface area contributed by atoms with Crippen molar-refractivity contribution in [3.05, 3.63) is 90.3 Å². The molecule has 0 bridgehead atoms. The van der Waals surface area contributed by atoms with Crippen molar-refractivity contribution >= 4 is 43.2 Å². The van der Waals surface area contributed by atoms with Crippen molar-refractivity contribution in [2.75, 3.05) is 0 Å². The van der Waals surface area contributed by atoms with Crippen LogP contribution in [0.15, 0.2) is 83.4 Å². The van der Waals surface area contributed by atoms with E-state index in [9.17, 15) is 0 Å². The van der Waals surface area contributed by atoms with Crippen LogP contribution in [-0.2, 0) is 5.41 Å². The number of furan rings is 1. The highest BCUT2D eigenvalue weighted by Crippen LogP contribution is 2.41. The second kappa shape index (κ2) is 7.29. The molecule has 6 rings (SSSR count). The van der Waals surface area contributed by atoms with Gasteiger partial charge in [-0.3, -0.25) is 4.98 Å². The summed E-state index contributed by atoms with van der Waals surface area (Å²) in [6, 6.07) is 26.2. The SMILES string of the molecule is Cc1cc2ccc(-c3cc4c(-c5cc(C(C)(C)C)c6ccccc6c5)nccc4s3)cc2o1. The third-order valence-electron chi connectivity index (χ3n) is 6.32. The summed E-state index contributed by atoms with van der Waals surface area (Å²) in [4.78, 5) is 6.08. The Labute approximate surface area is 197 Å². The largest absolute Gasteiger partial charge is 0.461 e. The summed E-state index contributed by atoms with van der Waals surface area (Å²) in [6.07, 6.45) is 1.93. The summed E-state index contributed by atoms with van der Waals surface area (Å²) in [5.74, 6) is 0.941. The highest BCUT2D eigenvalue weighted by molar-refractivity contribution is 7.22. The topological polar surface area (TPSA) is 26.0 Å². The van der Waals surface area contributed by atoms with Crippen LogP contribution in [0.4, 0.5) is 0 Å². The minimum Gasteiger partial charge on any atom is -0.461 e. The van der Waals surface area contributed by atoms with Crippen molar-refractivity contribution in [1.29, 1.82) is 0 Å². The lowest BCUT2D eigenvalue weighted by molar-refractivity contribution is 0.578. The second-order valence-corrected chi connectivity index (χ2v) is 10.9. The average Bonchev–Trinajstić information content (AvgIpc) is 3.39. The van der Waals surface area contributed by atoms with E-state index in [0.717, 1.165) is 22.4 Å². The summed E-state index contributed by atoms with van der Waals surface area (Å²) in [7, 11) is 0. The van der Waals surface area contributed by atoms with Gasteiger partial charge in [0.05, 0.1) is 5.69 Å². The van der Waals surface area contributed by atoms with Gasteiger partial charge in [-0.05, 0) is 70.6 Å². The molecule has 3 aromatic carbocycles. The van der Waals surface area contributed by atoms with E-state index in [-0.39, 0.29) is 5.41 Å². The zero-order valence-corrected chi connectivity index (χ0v) is 20.1. The molecule has 3 aromatic heterocycles. The van der Waals surface area contributed by atoms with Crippen molar-refractivity contribution in [1.82, 2.24) is 4.98 Å². The maximum absolute atomic E-state index is 5.88. The molecule has 0 radical (unpaired) electrons. The van der Waals surface area contributed by atoms with Crippen LogP contribution in [0.5, 0.6) is 0 Å². The second-order valence-electron chi connectivity index (χ2n) is 9.79. The predicted molar refractivity (Wildman–Crippen MR) is 141 cm³/mol. The maximum atomic E-state index is 5.88. The molecule has 0 unspecified atom stereocenters. The third-order valence-corrected chi connectivity index (χ3v) is 7.47. The lowest BCUT2D eigenvalue weighted by Crippen LogP contribution is -2.12. The van der Waals surface area contributed by atoms with Gasteiger partial charge in [0.15, 0.2) is 0 Å². The van der Waals surface area contributed by atoms with E-state index in [2.05, 4.69) is 93.6 Å². The lowest BCUT2D eigenvalue weighted by Gasteiger charge is -2.22. The standard InChI is InChI=1S/C30H25NOS/c1-18-13-20-9-10-21(16-26(20)32-18)28-17-24-27(33-28)11-12-31-29(24)22-14-19-7-5-6-8-23(19)25(15-22)30(2,3)4/h5-17H,1-4H3. The van der Waals surface area contributed by atoms with Crippen molar-refractivity contribution in [2.45, 2.75) is 33.1 Å². The number of pyridine rings is 1. The molecular formula is C30H25NOS. The van der Waals surface area contributed by atoms with Gasteiger partial charge >= 0.3 is 0 Å². The molecule has 0 fully saturated rings. The molecule has 33 heavy (non-hydrogen) atoms. The summed E-state index contributed by atoms with van der Waals surface area (Å²) in [5.41, 5.74) is 5.72. The highest BCUT2D eigenvalue weighted by Gasteiger charge is 2.20. The molecule has 162 valence electrons. The fraction of sp³-hybridized carbons (Fsp3) is 0.167. The first kappa shape index (κ1) is 20.2. The number of aryl methyl sites for hydroxylation is 1. The van der Waals surface area contributed by atoms with Gasteiger partial charge in [0.25, 0.3) is 0 Å². The maximum Gasteiger partial charge on any atom is 0.134 e. The van der Waals surface area contributed by atoms with E-state index < -0.39 is 0 Å². The van der Waals surface area contributed by atoms with Gasteiger partial charge in [0.1, 0.15) is 11.3 Å². The van der Waals surface area contributed by atoms with Crippen LogP contribution in [0.1, 0.15) is 32.1 Å². The van der Waals surface area contributed by atoms with Crippen LogP contribution in [0.25, 0.3) is 53.5 Å². The summed E-state index contributed by atoms with van der Waals surface area (Å²) in [6.45, 7) is 8.83. The predicted octanol–water partition coefficient (Wildman–Crippen LogP) is 9.14. The van der Waals surface area contributed by atoms with Crippen molar-refractivity contribution < 1.29 is 4.42 Å². The van der Waals surface area contributed by atoms with E-state index in [1.807, 2.05) is 13.1 Å². The van der Waals surface area contributed by atoms with Crippen LogP contribution in [0.3, 0.4) is 0 Å². The first-order valence-electron chi connectivity index (χ1n) is 11.3. The Balaban J connectivity index is 1.55. The Morgan fingerprint density at radius 2 is 1.64 bits per heavy atom. The normalized spacial score (nSPS) is 12.2. The first-order chi connectivity index (χ1) is 15.9. The third kappa shape index (κ3) is 3.44. The number of thiophene rings is 1. The molecule has 0 amide bonds. The van der Waals surface area contributed by atoms with E-state index in [0.29, 0.717) is 0 Å². The number of nitrogens with zero attached hydrogens (tertiary/aromatic N) is 1. The Kier molecular flexibility index (Phi) is 4.46. The fourth-order valence-corrected chi connectivity index (χ4v) is 5.77. The molecule has 0 N–H and O–H groups in total. The van der Waals surface area contributed by atoms with Gasteiger partial charge in [-0.25, -0.2) is 0 Å². The minimum atomic E-state index is 0.0416. The van der Waals surface area contributed by atoms with Crippen molar-refractivity contribution in [3.63, 3.8) is 0 Å².